The summed E-state index contributed by atoms with van der Waals surface area (Å²) in [4.78, 5) is 10.8. The van der Waals surface area contributed by atoms with Crippen molar-refractivity contribution in [3.05, 3.63) is 60.4 Å². The summed E-state index contributed by atoms with van der Waals surface area (Å²) in [5.74, 6) is 0.713. The van der Waals surface area contributed by atoms with E-state index in [2.05, 4.69) is 49.9 Å². The highest BCUT2D eigenvalue weighted by Crippen LogP contribution is 2.29. The molecule has 166 valence electrons. The first kappa shape index (κ1) is 21.9. The molecule has 0 spiro atoms. The van der Waals surface area contributed by atoms with Crippen molar-refractivity contribution in [2.75, 3.05) is 30.9 Å². The van der Waals surface area contributed by atoms with Crippen molar-refractivity contribution in [2.45, 2.75) is 37.8 Å². The second-order valence-electron chi connectivity index (χ2n) is 8.37. The van der Waals surface area contributed by atoms with E-state index >= 15 is 0 Å². The van der Waals surface area contributed by atoms with Gasteiger partial charge in [0.1, 0.15) is 0 Å². The number of hydrogen-bond donors (Lipinski definition) is 1. The minimum absolute atomic E-state index is 0.0341. The van der Waals surface area contributed by atoms with E-state index in [1.54, 1.807) is 18.5 Å². The maximum atomic E-state index is 11.9. The number of piperidine rings is 1. The standard InChI is InChI=1S/C23H30N4O3S/c1-31(28,29)26-22-12-15-27(23-24-13-5-14-25-23)16-20(22)17-30-21-10-8-19(9-11-21)18-6-3-2-4-7-18/h2-8,13-14,20-22,26H,9-12,15-17H2,1H3/t20?,21-,22?/m0/s1. The molecule has 0 amide bonds. The fourth-order valence-electron chi connectivity index (χ4n) is 4.40. The Bertz CT molecular complexity index is 982. The Hall–Kier alpha value is -2.29. The summed E-state index contributed by atoms with van der Waals surface area (Å²) >= 11 is 0. The highest BCUT2D eigenvalue weighted by atomic mass is 32.2. The zero-order chi connectivity index (χ0) is 21.7. The number of nitrogens with one attached hydrogen (secondary N) is 1. The van der Waals surface area contributed by atoms with Gasteiger partial charge in [-0.3, -0.25) is 0 Å². The Labute approximate surface area is 184 Å². The fraction of sp³-hybridized carbons (Fsp3) is 0.478. The van der Waals surface area contributed by atoms with Crippen LogP contribution in [0, 0.1) is 5.92 Å². The monoisotopic (exact) mass is 442 g/mol. The summed E-state index contributed by atoms with van der Waals surface area (Å²) in [6.45, 7) is 1.88. The summed E-state index contributed by atoms with van der Waals surface area (Å²) < 4.78 is 32.8. The number of nitrogens with zero attached hydrogens (tertiary/aromatic N) is 3. The van der Waals surface area contributed by atoms with Gasteiger partial charge in [-0.1, -0.05) is 36.4 Å². The van der Waals surface area contributed by atoms with Crippen molar-refractivity contribution < 1.29 is 13.2 Å². The number of benzene rings is 1. The van der Waals surface area contributed by atoms with Crippen LogP contribution in [0.1, 0.15) is 31.2 Å². The molecule has 0 saturated carbocycles. The van der Waals surface area contributed by atoms with Gasteiger partial charge in [-0.05, 0) is 42.9 Å². The number of allylic oxidation sites excluding steroid dienone is 1. The molecule has 2 unspecified atom stereocenters. The van der Waals surface area contributed by atoms with Crippen LogP contribution in [-0.4, -0.2) is 56.5 Å². The third kappa shape index (κ3) is 6.12. The van der Waals surface area contributed by atoms with Crippen molar-refractivity contribution in [1.82, 2.24) is 14.7 Å². The second-order valence-corrected chi connectivity index (χ2v) is 10.1. The van der Waals surface area contributed by atoms with E-state index in [9.17, 15) is 8.42 Å². The molecule has 1 fully saturated rings. The molecule has 4 rings (SSSR count). The topological polar surface area (TPSA) is 84.4 Å². The van der Waals surface area contributed by atoms with Crippen molar-refractivity contribution >= 4 is 21.5 Å². The minimum atomic E-state index is -3.28. The van der Waals surface area contributed by atoms with E-state index in [0.29, 0.717) is 32.1 Å². The van der Waals surface area contributed by atoms with E-state index < -0.39 is 10.0 Å². The molecule has 1 aliphatic carbocycles. The van der Waals surface area contributed by atoms with E-state index in [1.165, 1.54) is 17.4 Å². The Balaban J connectivity index is 1.38. The first-order valence-electron chi connectivity index (χ1n) is 10.8. The lowest BCUT2D eigenvalue weighted by Gasteiger charge is -2.39. The number of hydrogen-bond acceptors (Lipinski definition) is 6. The number of anilines is 1. The Morgan fingerprint density at radius 3 is 2.58 bits per heavy atom. The quantitative estimate of drug-likeness (QED) is 0.710. The number of rotatable bonds is 7. The maximum Gasteiger partial charge on any atom is 0.225 e. The highest BCUT2D eigenvalue weighted by Gasteiger charge is 2.33. The van der Waals surface area contributed by atoms with Crippen LogP contribution in [0.5, 0.6) is 0 Å². The lowest BCUT2D eigenvalue weighted by Crippen LogP contribution is -2.53. The zero-order valence-corrected chi connectivity index (χ0v) is 18.7. The molecular formula is C23H30N4O3S. The zero-order valence-electron chi connectivity index (χ0n) is 17.9. The first-order chi connectivity index (χ1) is 15.0. The molecule has 8 heteroatoms. The van der Waals surface area contributed by atoms with Crippen molar-refractivity contribution in [1.29, 1.82) is 0 Å². The van der Waals surface area contributed by atoms with Gasteiger partial charge < -0.3 is 9.64 Å². The average Bonchev–Trinajstić information content (AvgIpc) is 2.79. The molecule has 0 radical (unpaired) electrons. The van der Waals surface area contributed by atoms with Crippen molar-refractivity contribution in [2.24, 2.45) is 5.92 Å². The van der Waals surface area contributed by atoms with Gasteiger partial charge in [0.25, 0.3) is 0 Å². The summed E-state index contributed by atoms with van der Waals surface area (Å²) in [6.07, 6.45) is 10.7. The smallest absolute Gasteiger partial charge is 0.225 e. The fourth-order valence-corrected chi connectivity index (χ4v) is 5.26. The molecule has 2 heterocycles. The summed E-state index contributed by atoms with van der Waals surface area (Å²) in [6, 6.07) is 12.1. The lowest BCUT2D eigenvalue weighted by atomic mass is 9.91. The van der Waals surface area contributed by atoms with Gasteiger partial charge in [0.2, 0.25) is 16.0 Å². The van der Waals surface area contributed by atoms with Gasteiger partial charge in [-0.15, -0.1) is 0 Å². The normalized spacial score (nSPS) is 24.6. The SMILES string of the molecule is CS(=O)(=O)NC1CCN(c2ncccn2)CC1CO[C@H]1CC=C(c2ccccc2)CC1. The molecule has 0 bridgehead atoms. The number of sulfonamides is 1. The maximum absolute atomic E-state index is 11.9. The van der Waals surface area contributed by atoms with Gasteiger partial charge in [-0.25, -0.2) is 23.1 Å². The van der Waals surface area contributed by atoms with Crippen LogP contribution in [0.4, 0.5) is 5.95 Å². The third-order valence-corrected chi connectivity index (χ3v) is 6.72. The van der Waals surface area contributed by atoms with E-state index in [0.717, 1.165) is 19.3 Å². The summed E-state index contributed by atoms with van der Waals surface area (Å²) in [5, 5.41) is 0. The predicted molar refractivity (Wildman–Crippen MR) is 122 cm³/mol. The summed E-state index contributed by atoms with van der Waals surface area (Å²) in [5.41, 5.74) is 2.66. The predicted octanol–water partition coefficient (Wildman–Crippen LogP) is 2.87. The van der Waals surface area contributed by atoms with Gasteiger partial charge >= 0.3 is 0 Å². The number of aromatic nitrogens is 2. The van der Waals surface area contributed by atoms with Crippen LogP contribution in [0.3, 0.4) is 0 Å². The van der Waals surface area contributed by atoms with E-state index in [4.69, 9.17) is 4.74 Å². The van der Waals surface area contributed by atoms with Crippen molar-refractivity contribution in [3.8, 4) is 0 Å². The molecule has 2 aliphatic rings. The summed E-state index contributed by atoms with van der Waals surface area (Å²) in [7, 11) is -3.28. The van der Waals surface area contributed by atoms with Gasteiger partial charge in [-0.2, -0.15) is 0 Å². The molecule has 1 aliphatic heterocycles. The van der Waals surface area contributed by atoms with Gasteiger partial charge in [0.05, 0.1) is 19.0 Å². The molecule has 3 atom stereocenters. The molecular weight excluding hydrogens is 412 g/mol. The molecule has 7 nitrogen and oxygen atoms in total. The number of ether oxygens (including phenoxy) is 1. The molecule has 1 saturated heterocycles. The van der Waals surface area contributed by atoms with Crippen LogP contribution in [0.25, 0.3) is 5.57 Å². The molecule has 31 heavy (non-hydrogen) atoms. The molecule has 1 aromatic carbocycles. The Morgan fingerprint density at radius 1 is 1.13 bits per heavy atom. The molecule has 1 aromatic heterocycles. The first-order valence-corrected chi connectivity index (χ1v) is 12.7. The largest absolute Gasteiger partial charge is 0.377 e. The Kier molecular flexibility index (Phi) is 6.99. The van der Waals surface area contributed by atoms with E-state index in [1.807, 2.05) is 6.07 Å². The van der Waals surface area contributed by atoms with Crippen LogP contribution < -0.4 is 9.62 Å². The van der Waals surface area contributed by atoms with Crippen LogP contribution in [0.2, 0.25) is 0 Å². The van der Waals surface area contributed by atoms with Crippen LogP contribution in [-0.2, 0) is 14.8 Å². The molecule has 2 aromatic rings. The highest BCUT2D eigenvalue weighted by molar-refractivity contribution is 7.88. The lowest BCUT2D eigenvalue weighted by molar-refractivity contribution is 0.0164. The second kappa shape index (κ2) is 9.89. The van der Waals surface area contributed by atoms with Gasteiger partial charge in [0, 0.05) is 37.4 Å². The third-order valence-electron chi connectivity index (χ3n) is 5.99. The van der Waals surface area contributed by atoms with E-state index in [-0.39, 0.29) is 18.1 Å². The Morgan fingerprint density at radius 2 is 1.90 bits per heavy atom. The van der Waals surface area contributed by atoms with Crippen LogP contribution >= 0.6 is 0 Å². The van der Waals surface area contributed by atoms with Gasteiger partial charge in [0.15, 0.2) is 0 Å². The van der Waals surface area contributed by atoms with Crippen molar-refractivity contribution in [3.63, 3.8) is 0 Å². The minimum Gasteiger partial charge on any atom is -0.377 e. The average molecular weight is 443 g/mol. The van der Waals surface area contributed by atoms with Crippen LogP contribution in [0.15, 0.2) is 54.9 Å². The molecule has 1 N–H and O–H groups in total.